The van der Waals surface area contributed by atoms with Gasteiger partial charge in [0, 0.05) is 19.2 Å². The topological polar surface area (TPSA) is 32.3 Å². The van der Waals surface area contributed by atoms with Gasteiger partial charge in [0.05, 0.1) is 0 Å². The molecule has 0 aliphatic heterocycles. The Morgan fingerprint density at radius 3 is 2.16 bits per heavy atom. The number of hydrogen-bond donors (Lipinski definition) is 2. The number of nitrogens with one attached hydrogen (secondary N) is 1. The molecule has 0 aliphatic rings. The molecular weight excluding hydrogens is 234 g/mol. The summed E-state index contributed by atoms with van der Waals surface area (Å²) < 4.78 is 0. The molecule has 2 N–H and O–H groups in total. The molecule has 0 aliphatic carbocycles. The summed E-state index contributed by atoms with van der Waals surface area (Å²) in [7, 11) is 0. The molecule has 108 valence electrons. The zero-order chi connectivity index (χ0) is 14.6. The quantitative estimate of drug-likeness (QED) is 0.820. The van der Waals surface area contributed by atoms with Gasteiger partial charge in [-0.05, 0) is 56.2 Å². The largest absolute Gasteiger partial charge is 0.396 e. The van der Waals surface area contributed by atoms with Crippen LogP contribution in [0.3, 0.4) is 0 Å². The molecule has 1 unspecified atom stereocenters. The fourth-order valence-corrected chi connectivity index (χ4v) is 2.80. The molecule has 0 fully saturated rings. The Kier molecular flexibility index (Phi) is 5.57. The number of aliphatic hydroxyl groups is 1. The van der Waals surface area contributed by atoms with Crippen LogP contribution in [0.1, 0.15) is 55.5 Å². The fraction of sp³-hybridized carbons (Fsp3) is 0.647. The molecule has 2 nitrogen and oxygen atoms in total. The van der Waals surface area contributed by atoms with E-state index in [9.17, 15) is 0 Å². The van der Waals surface area contributed by atoms with Crippen LogP contribution in [0.4, 0.5) is 0 Å². The summed E-state index contributed by atoms with van der Waals surface area (Å²) in [6.07, 6.45) is 0.832. The van der Waals surface area contributed by atoms with Crippen LogP contribution in [-0.2, 0) is 0 Å². The number of hydrogen-bond acceptors (Lipinski definition) is 2. The first-order chi connectivity index (χ1) is 8.76. The molecule has 0 saturated carbocycles. The highest BCUT2D eigenvalue weighted by Gasteiger charge is 2.19. The van der Waals surface area contributed by atoms with Crippen LogP contribution in [0, 0.1) is 26.2 Å². The highest BCUT2D eigenvalue weighted by Crippen LogP contribution is 2.25. The number of aliphatic hydroxyl groups excluding tert-OH is 1. The Bertz CT molecular complexity index is 400. The lowest BCUT2D eigenvalue weighted by Gasteiger charge is -2.28. The number of aryl methyl sites for hydroxylation is 3. The Morgan fingerprint density at radius 1 is 1.16 bits per heavy atom. The van der Waals surface area contributed by atoms with Gasteiger partial charge in [-0.1, -0.05) is 31.5 Å². The van der Waals surface area contributed by atoms with Crippen molar-refractivity contribution in [2.75, 3.05) is 13.2 Å². The highest BCUT2D eigenvalue weighted by molar-refractivity contribution is 5.39. The predicted molar refractivity (Wildman–Crippen MR) is 82.6 cm³/mol. The van der Waals surface area contributed by atoms with Gasteiger partial charge >= 0.3 is 0 Å². The summed E-state index contributed by atoms with van der Waals surface area (Å²) in [5.74, 6) is 0. The van der Waals surface area contributed by atoms with Gasteiger partial charge in [-0.2, -0.15) is 0 Å². The molecule has 0 saturated heterocycles. The average molecular weight is 263 g/mol. The van der Waals surface area contributed by atoms with Gasteiger partial charge in [0.25, 0.3) is 0 Å². The van der Waals surface area contributed by atoms with Crippen molar-refractivity contribution < 1.29 is 5.11 Å². The Hall–Kier alpha value is -0.860. The minimum atomic E-state index is 0.134. The summed E-state index contributed by atoms with van der Waals surface area (Å²) in [6.45, 7) is 14.3. The van der Waals surface area contributed by atoms with Crippen molar-refractivity contribution in [1.29, 1.82) is 0 Å². The van der Waals surface area contributed by atoms with Crippen molar-refractivity contribution in [3.05, 3.63) is 34.4 Å². The first-order valence-electron chi connectivity index (χ1n) is 7.19. The summed E-state index contributed by atoms with van der Waals surface area (Å²) in [5.41, 5.74) is 5.59. The van der Waals surface area contributed by atoms with E-state index in [1.807, 2.05) is 0 Å². The van der Waals surface area contributed by atoms with Crippen LogP contribution in [-0.4, -0.2) is 18.3 Å². The molecule has 2 heteroatoms. The zero-order valence-corrected chi connectivity index (χ0v) is 13.3. The van der Waals surface area contributed by atoms with Crippen LogP contribution in [0.25, 0.3) is 0 Å². The summed E-state index contributed by atoms with van der Waals surface area (Å²) in [5, 5.41) is 12.7. The Morgan fingerprint density at radius 2 is 1.68 bits per heavy atom. The van der Waals surface area contributed by atoms with E-state index >= 15 is 0 Å². The van der Waals surface area contributed by atoms with Gasteiger partial charge in [0.1, 0.15) is 0 Å². The van der Waals surface area contributed by atoms with Gasteiger partial charge in [-0.15, -0.1) is 0 Å². The Labute approximate surface area is 118 Å². The van der Waals surface area contributed by atoms with Crippen molar-refractivity contribution in [2.24, 2.45) is 5.41 Å². The molecule has 0 radical (unpaired) electrons. The van der Waals surface area contributed by atoms with E-state index in [4.69, 9.17) is 5.11 Å². The molecule has 1 aromatic carbocycles. The summed E-state index contributed by atoms with van der Waals surface area (Å²) in [4.78, 5) is 0. The molecule has 0 bridgehead atoms. The SMILES string of the molecule is Cc1cc(C)c(C(C)NCC(C)(C)CCO)c(C)c1. The van der Waals surface area contributed by atoms with Crippen molar-refractivity contribution in [2.45, 2.75) is 54.0 Å². The molecule has 1 atom stereocenters. The van der Waals surface area contributed by atoms with Crippen LogP contribution in [0.2, 0.25) is 0 Å². The van der Waals surface area contributed by atoms with E-state index in [-0.39, 0.29) is 12.0 Å². The van der Waals surface area contributed by atoms with E-state index in [1.54, 1.807) is 0 Å². The van der Waals surface area contributed by atoms with Crippen molar-refractivity contribution in [1.82, 2.24) is 5.32 Å². The highest BCUT2D eigenvalue weighted by atomic mass is 16.3. The second kappa shape index (κ2) is 6.53. The molecule has 0 amide bonds. The third-order valence-corrected chi connectivity index (χ3v) is 3.85. The van der Waals surface area contributed by atoms with Gasteiger partial charge in [0.15, 0.2) is 0 Å². The smallest absolute Gasteiger partial charge is 0.0436 e. The van der Waals surface area contributed by atoms with Crippen LogP contribution in [0.15, 0.2) is 12.1 Å². The normalized spacial score (nSPS) is 13.6. The van der Waals surface area contributed by atoms with Gasteiger partial charge in [0.2, 0.25) is 0 Å². The maximum absolute atomic E-state index is 9.08. The van der Waals surface area contributed by atoms with Crippen LogP contribution >= 0.6 is 0 Å². The van der Waals surface area contributed by atoms with Crippen LogP contribution in [0.5, 0.6) is 0 Å². The van der Waals surface area contributed by atoms with E-state index in [0.29, 0.717) is 6.04 Å². The van der Waals surface area contributed by atoms with Gasteiger partial charge in [-0.25, -0.2) is 0 Å². The third-order valence-electron chi connectivity index (χ3n) is 3.85. The van der Waals surface area contributed by atoms with E-state index in [0.717, 1.165) is 13.0 Å². The molecule has 19 heavy (non-hydrogen) atoms. The molecule has 0 aromatic heterocycles. The first-order valence-corrected chi connectivity index (χ1v) is 7.19. The lowest BCUT2D eigenvalue weighted by molar-refractivity contribution is 0.203. The monoisotopic (exact) mass is 263 g/mol. The minimum Gasteiger partial charge on any atom is -0.396 e. The first kappa shape index (κ1) is 16.2. The standard InChI is InChI=1S/C17H29NO/c1-12-9-13(2)16(14(3)10-12)15(4)18-11-17(5,6)7-8-19/h9-10,15,18-19H,7-8,11H2,1-6H3. The fourth-order valence-electron chi connectivity index (χ4n) is 2.80. The molecule has 1 rings (SSSR count). The average Bonchev–Trinajstić information content (AvgIpc) is 2.25. The van der Waals surface area contributed by atoms with E-state index < -0.39 is 0 Å². The van der Waals surface area contributed by atoms with Crippen molar-refractivity contribution in [3.63, 3.8) is 0 Å². The second-order valence-corrected chi connectivity index (χ2v) is 6.55. The van der Waals surface area contributed by atoms with Gasteiger partial charge < -0.3 is 10.4 Å². The predicted octanol–water partition coefficient (Wildman–Crippen LogP) is 3.67. The lowest BCUT2D eigenvalue weighted by Crippen LogP contribution is -2.32. The van der Waals surface area contributed by atoms with E-state index in [1.165, 1.54) is 22.3 Å². The van der Waals surface area contributed by atoms with Crippen LogP contribution < -0.4 is 5.32 Å². The lowest BCUT2D eigenvalue weighted by atomic mass is 9.88. The molecular formula is C17H29NO. The van der Waals surface area contributed by atoms with Crippen molar-refractivity contribution in [3.8, 4) is 0 Å². The van der Waals surface area contributed by atoms with E-state index in [2.05, 4.69) is 59.0 Å². The maximum atomic E-state index is 9.08. The number of rotatable bonds is 6. The molecule has 0 spiro atoms. The maximum Gasteiger partial charge on any atom is 0.0436 e. The molecule has 0 heterocycles. The summed E-state index contributed by atoms with van der Waals surface area (Å²) in [6, 6.07) is 4.84. The van der Waals surface area contributed by atoms with Gasteiger partial charge in [-0.3, -0.25) is 0 Å². The van der Waals surface area contributed by atoms with Crippen molar-refractivity contribution >= 4 is 0 Å². The second-order valence-electron chi connectivity index (χ2n) is 6.55. The third kappa shape index (κ3) is 4.63. The number of benzene rings is 1. The molecule has 1 aromatic rings. The summed E-state index contributed by atoms with van der Waals surface area (Å²) >= 11 is 0. The minimum absolute atomic E-state index is 0.134. The Balaban J connectivity index is 2.76. The zero-order valence-electron chi connectivity index (χ0n) is 13.3.